The lowest BCUT2D eigenvalue weighted by Crippen LogP contribution is -2.31. The minimum Gasteiger partial charge on any atom is -0.351 e. The third kappa shape index (κ3) is 3.70. The average molecular weight is 280 g/mol. The Kier molecular flexibility index (Phi) is 3.72. The van der Waals surface area contributed by atoms with Crippen LogP contribution in [0.25, 0.3) is 11.0 Å². The van der Waals surface area contributed by atoms with Crippen molar-refractivity contribution in [3.8, 4) is 0 Å². The Hall–Kier alpha value is -2.06. The molecule has 19 heavy (non-hydrogen) atoms. The molecule has 2 rings (SSSR count). The highest BCUT2D eigenvalue weighted by molar-refractivity contribution is 7.89. The van der Waals surface area contributed by atoms with Crippen LogP contribution in [0.1, 0.15) is 10.4 Å². The molecule has 0 saturated carbocycles. The molecular weight excluding hydrogens is 268 g/mol. The van der Waals surface area contributed by atoms with Gasteiger partial charge in [-0.05, 0) is 18.2 Å². The molecule has 0 aliphatic rings. The quantitative estimate of drug-likeness (QED) is 0.794. The largest absolute Gasteiger partial charge is 0.351 e. The van der Waals surface area contributed by atoms with E-state index in [4.69, 9.17) is 5.14 Å². The van der Waals surface area contributed by atoms with Crippen molar-refractivity contribution in [2.24, 2.45) is 5.14 Å². The van der Waals surface area contributed by atoms with Crippen LogP contribution < -0.4 is 10.5 Å². The first kappa shape index (κ1) is 13.4. The van der Waals surface area contributed by atoms with Crippen molar-refractivity contribution in [3.63, 3.8) is 0 Å². The lowest BCUT2D eigenvalue weighted by molar-refractivity contribution is 0.0956. The van der Waals surface area contributed by atoms with Crippen LogP contribution in [-0.2, 0) is 10.0 Å². The van der Waals surface area contributed by atoms with Gasteiger partial charge >= 0.3 is 0 Å². The van der Waals surface area contributed by atoms with Crippen LogP contribution in [0.5, 0.6) is 0 Å². The van der Waals surface area contributed by atoms with E-state index in [0.29, 0.717) is 11.2 Å². The smallest absolute Gasteiger partial charge is 0.252 e. The average Bonchev–Trinajstić information content (AvgIpc) is 2.36. The molecule has 0 radical (unpaired) electrons. The van der Waals surface area contributed by atoms with Crippen LogP contribution in [-0.4, -0.2) is 36.6 Å². The van der Waals surface area contributed by atoms with Crippen LogP contribution in [0.15, 0.2) is 30.6 Å². The number of hydrogen-bond acceptors (Lipinski definition) is 5. The zero-order valence-electron chi connectivity index (χ0n) is 9.91. The Morgan fingerprint density at radius 2 is 2.16 bits per heavy atom. The molecule has 7 nitrogen and oxygen atoms in total. The second-order valence-electron chi connectivity index (χ2n) is 3.90. The number of rotatable bonds is 4. The van der Waals surface area contributed by atoms with E-state index in [-0.39, 0.29) is 12.3 Å². The van der Waals surface area contributed by atoms with Crippen molar-refractivity contribution < 1.29 is 13.2 Å². The number of hydrogen-bond donors (Lipinski definition) is 2. The predicted molar refractivity (Wildman–Crippen MR) is 69.8 cm³/mol. The number of pyridine rings is 2. The number of primary sulfonamides is 1. The number of aromatic nitrogens is 2. The van der Waals surface area contributed by atoms with Gasteiger partial charge in [-0.25, -0.2) is 23.5 Å². The molecule has 2 aromatic heterocycles. The molecule has 100 valence electrons. The SMILES string of the molecule is NS(=O)(=O)CCNC(=O)c1cnc2ncccc2c1. The monoisotopic (exact) mass is 280 g/mol. The molecule has 0 aromatic carbocycles. The first-order valence-corrected chi connectivity index (χ1v) is 7.17. The summed E-state index contributed by atoms with van der Waals surface area (Å²) in [6.07, 6.45) is 3.00. The molecule has 0 aliphatic carbocycles. The van der Waals surface area contributed by atoms with Gasteiger partial charge in [0.2, 0.25) is 10.0 Å². The standard InChI is InChI=1S/C11H12N4O3S/c12-19(17,18)5-4-14-11(16)9-6-8-2-1-3-13-10(8)15-7-9/h1-3,6-7H,4-5H2,(H,14,16)(H2,12,17,18). The number of carbonyl (C=O) groups excluding carboxylic acids is 1. The Morgan fingerprint density at radius 1 is 1.37 bits per heavy atom. The topological polar surface area (TPSA) is 115 Å². The lowest BCUT2D eigenvalue weighted by atomic mass is 10.2. The van der Waals surface area contributed by atoms with Gasteiger partial charge in [0.15, 0.2) is 5.65 Å². The van der Waals surface area contributed by atoms with Crippen LogP contribution in [0, 0.1) is 0 Å². The first-order chi connectivity index (χ1) is 8.96. The third-order valence-corrected chi connectivity index (χ3v) is 3.16. The summed E-state index contributed by atoms with van der Waals surface area (Å²) in [4.78, 5) is 19.8. The molecule has 0 saturated heterocycles. The summed E-state index contributed by atoms with van der Waals surface area (Å²) in [6.45, 7) is -0.0389. The molecule has 1 amide bonds. The molecule has 0 unspecified atom stereocenters. The molecule has 0 fully saturated rings. The Labute approximate surface area is 109 Å². The maximum absolute atomic E-state index is 11.8. The van der Waals surface area contributed by atoms with Crippen LogP contribution in [0.4, 0.5) is 0 Å². The zero-order chi connectivity index (χ0) is 13.9. The van der Waals surface area contributed by atoms with Gasteiger partial charge in [0.1, 0.15) is 0 Å². The van der Waals surface area contributed by atoms with Gasteiger partial charge in [-0.1, -0.05) is 0 Å². The molecule has 0 atom stereocenters. The lowest BCUT2D eigenvalue weighted by Gasteiger charge is -2.04. The molecule has 0 bridgehead atoms. The highest BCUT2D eigenvalue weighted by Crippen LogP contribution is 2.10. The number of nitrogens with zero attached hydrogens (tertiary/aromatic N) is 2. The van der Waals surface area contributed by atoms with Crippen molar-refractivity contribution in [3.05, 3.63) is 36.2 Å². The number of nitrogens with two attached hydrogens (primary N) is 1. The Morgan fingerprint density at radius 3 is 2.89 bits per heavy atom. The summed E-state index contributed by atoms with van der Waals surface area (Å²) >= 11 is 0. The van der Waals surface area contributed by atoms with Gasteiger partial charge in [0.25, 0.3) is 5.91 Å². The maximum atomic E-state index is 11.8. The maximum Gasteiger partial charge on any atom is 0.252 e. The number of carbonyl (C=O) groups is 1. The Bertz CT molecular complexity index is 715. The summed E-state index contributed by atoms with van der Waals surface area (Å²) in [5, 5.41) is 8.03. The molecular formula is C11H12N4O3S. The number of fused-ring (bicyclic) bond motifs is 1. The van der Waals surface area contributed by atoms with E-state index in [0.717, 1.165) is 5.39 Å². The van der Waals surface area contributed by atoms with E-state index in [9.17, 15) is 13.2 Å². The number of nitrogens with one attached hydrogen (secondary N) is 1. The predicted octanol–water partition coefficient (Wildman–Crippen LogP) is -0.352. The summed E-state index contributed by atoms with van der Waals surface area (Å²) in [7, 11) is -3.58. The van der Waals surface area contributed by atoms with Gasteiger partial charge in [-0.15, -0.1) is 0 Å². The van der Waals surface area contributed by atoms with Crippen molar-refractivity contribution >= 4 is 27.0 Å². The van der Waals surface area contributed by atoms with Crippen LogP contribution in [0.3, 0.4) is 0 Å². The van der Waals surface area contributed by atoms with Gasteiger partial charge in [0, 0.05) is 24.3 Å². The molecule has 0 spiro atoms. The fraction of sp³-hybridized carbons (Fsp3) is 0.182. The van der Waals surface area contributed by atoms with E-state index in [1.165, 1.54) is 6.20 Å². The highest BCUT2D eigenvalue weighted by Gasteiger charge is 2.09. The number of amides is 1. The van der Waals surface area contributed by atoms with Crippen molar-refractivity contribution in [2.45, 2.75) is 0 Å². The molecule has 8 heteroatoms. The summed E-state index contributed by atoms with van der Waals surface area (Å²) < 4.78 is 21.5. The molecule has 2 aromatic rings. The van der Waals surface area contributed by atoms with Crippen molar-refractivity contribution in [2.75, 3.05) is 12.3 Å². The minimum atomic E-state index is -3.58. The number of sulfonamides is 1. The third-order valence-electron chi connectivity index (χ3n) is 2.39. The van der Waals surface area contributed by atoms with E-state index >= 15 is 0 Å². The second kappa shape index (κ2) is 5.29. The van der Waals surface area contributed by atoms with Crippen molar-refractivity contribution in [1.82, 2.24) is 15.3 Å². The summed E-state index contributed by atoms with van der Waals surface area (Å²) in [6, 6.07) is 5.17. The highest BCUT2D eigenvalue weighted by atomic mass is 32.2. The minimum absolute atomic E-state index is 0.0389. The normalized spacial score (nSPS) is 11.4. The fourth-order valence-electron chi connectivity index (χ4n) is 1.50. The first-order valence-electron chi connectivity index (χ1n) is 5.45. The van der Waals surface area contributed by atoms with Gasteiger partial charge in [0.05, 0.1) is 11.3 Å². The summed E-state index contributed by atoms with van der Waals surface area (Å²) in [5.74, 6) is -0.705. The van der Waals surface area contributed by atoms with E-state index < -0.39 is 15.9 Å². The van der Waals surface area contributed by atoms with Crippen molar-refractivity contribution in [1.29, 1.82) is 0 Å². The van der Waals surface area contributed by atoms with Gasteiger partial charge in [-0.3, -0.25) is 4.79 Å². The summed E-state index contributed by atoms with van der Waals surface area (Å²) in [5.41, 5.74) is 0.888. The molecule has 3 N–H and O–H groups in total. The van der Waals surface area contributed by atoms with Gasteiger partial charge in [-0.2, -0.15) is 0 Å². The Balaban J connectivity index is 2.09. The molecule has 0 aliphatic heterocycles. The zero-order valence-corrected chi connectivity index (χ0v) is 10.7. The van der Waals surface area contributed by atoms with E-state index in [1.807, 2.05) is 0 Å². The van der Waals surface area contributed by atoms with E-state index in [1.54, 1.807) is 24.4 Å². The van der Waals surface area contributed by atoms with Crippen LogP contribution >= 0.6 is 0 Å². The van der Waals surface area contributed by atoms with E-state index in [2.05, 4.69) is 15.3 Å². The fourth-order valence-corrected chi connectivity index (χ4v) is 1.89. The van der Waals surface area contributed by atoms with Crippen LogP contribution in [0.2, 0.25) is 0 Å². The van der Waals surface area contributed by atoms with Gasteiger partial charge < -0.3 is 5.32 Å². The molecule has 2 heterocycles. The second-order valence-corrected chi connectivity index (χ2v) is 5.63.